The molecule has 0 saturated heterocycles. The van der Waals surface area contributed by atoms with E-state index in [-0.39, 0.29) is 5.91 Å². The Morgan fingerprint density at radius 2 is 1.86 bits per heavy atom. The lowest BCUT2D eigenvalue weighted by Gasteiger charge is -2.33. The van der Waals surface area contributed by atoms with Gasteiger partial charge in [-0.05, 0) is 39.7 Å². The molecule has 22 heavy (non-hydrogen) atoms. The van der Waals surface area contributed by atoms with E-state index >= 15 is 0 Å². The Balaban J connectivity index is 2.67. The summed E-state index contributed by atoms with van der Waals surface area (Å²) in [6.45, 7) is 9.66. The lowest BCUT2D eigenvalue weighted by Crippen LogP contribution is -2.55. The quantitative estimate of drug-likeness (QED) is 0.846. The zero-order valence-corrected chi connectivity index (χ0v) is 14.0. The van der Waals surface area contributed by atoms with Crippen LogP contribution in [0.5, 0.6) is 0 Å². The smallest absolute Gasteiger partial charge is 0.407 e. The van der Waals surface area contributed by atoms with E-state index in [1.807, 2.05) is 13.8 Å². The van der Waals surface area contributed by atoms with Crippen molar-refractivity contribution in [2.75, 3.05) is 6.54 Å². The van der Waals surface area contributed by atoms with Crippen LogP contribution in [0.2, 0.25) is 0 Å². The van der Waals surface area contributed by atoms with E-state index in [0.717, 1.165) is 0 Å². The zero-order valence-electron chi connectivity index (χ0n) is 14.0. The van der Waals surface area contributed by atoms with Crippen molar-refractivity contribution < 1.29 is 18.7 Å². The average molecular weight is 310 g/mol. The monoisotopic (exact) mass is 310 g/mol. The van der Waals surface area contributed by atoms with E-state index in [9.17, 15) is 9.59 Å². The first-order chi connectivity index (χ1) is 10.2. The Kier molecular flexibility index (Phi) is 6.02. The normalized spacial score (nSPS) is 11.9. The molecule has 0 spiro atoms. The zero-order chi connectivity index (χ0) is 16.8. The van der Waals surface area contributed by atoms with Crippen LogP contribution in [0.15, 0.2) is 23.0 Å². The molecule has 124 valence electrons. The Labute approximate surface area is 131 Å². The molecule has 0 aliphatic rings. The highest BCUT2D eigenvalue weighted by molar-refractivity contribution is 5.94. The third-order valence-electron chi connectivity index (χ3n) is 3.49. The highest BCUT2D eigenvalue weighted by Crippen LogP contribution is 2.16. The molecule has 0 bridgehead atoms. The number of carbonyl (C=O) groups excluding carboxylic acids is 2. The van der Waals surface area contributed by atoms with Crippen molar-refractivity contribution in [2.45, 2.75) is 58.6 Å². The van der Waals surface area contributed by atoms with E-state index in [4.69, 9.17) is 9.15 Å². The molecule has 1 aromatic heterocycles. The van der Waals surface area contributed by atoms with Crippen LogP contribution in [0.4, 0.5) is 4.79 Å². The van der Waals surface area contributed by atoms with Gasteiger partial charge in [0.2, 0.25) is 0 Å². The van der Waals surface area contributed by atoms with Gasteiger partial charge < -0.3 is 19.8 Å². The second-order valence-electron chi connectivity index (χ2n) is 6.31. The van der Waals surface area contributed by atoms with Gasteiger partial charge in [-0.2, -0.15) is 0 Å². The number of rotatable bonds is 6. The molecule has 1 aromatic rings. The molecule has 0 saturated carbocycles. The van der Waals surface area contributed by atoms with Gasteiger partial charge in [0.1, 0.15) is 11.9 Å². The van der Waals surface area contributed by atoms with Crippen LogP contribution < -0.4 is 10.6 Å². The molecule has 0 atom stereocenters. The summed E-state index contributed by atoms with van der Waals surface area (Å²) in [4.78, 5) is 24.0. The summed E-state index contributed by atoms with van der Waals surface area (Å²) >= 11 is 0. The Morgan fingerprint density at radius 1 is 1.23 bits per heavy atom. The van der Waals surface area contributed by atoms with E-state index < -0.39 is 17.2 Å². The van der Waals surface area contributed by atoms with Crippen molar-refractivity contribution in [3.8, 4) is 0 Å². The lowest BCUT2D eigenvalue weighted by molar-refractivity contribution is 0.0501. The van der Waals surface area contributed by atoms with Crippen LogP contribution in [-0.2, 0) is 4.74 Å². The molecule has 0 fully saturated rings. The molecule has 6 nitrogen and oxygen atoms in total. The molecule has 6 heteroatoms. The van der Waals surface area contributed by atoms with Crippen molar-refractivity contribution in [3.05, 3.63) is 24.2 Å². The summed E-state index contributed by atoms with van der Waals surface area (Å²) in [5, 5.41) is 5.71. The fourth-order valence-electron chi connectivity index (χ4n) is 1.98. The molecule has 0 aromatic carbocycles. The van der Waals surface area contributed by atoms with Crippen LogP contribution in [0.25, 0.3) is 0 Å². The minimum atomic E-state index is -0.550. The van der Waals surface area contributed by atoms with E-state index in [1.54, 1.807) is 26.8 Å². The summed E-state index contributed by atoms with van der Waals surface area (Å²) in [6.07, 6.45) is 3.72. The Hall–Kier alpha value is -1.98. The second kappa shape index (κ2) is 7.33. The minimum absolute atomic E-state index is 0.219. The maximum absolute atomic E-state index is 12.2. The van der Waals surface area contributed by atoms with Crippen LogP contribution in [0, 0.1) is 0 Å². The molecule has 1 heterocycles. The topological polar surface area (TPSA) is 80.6 Å². The van der Waals surface area contributed by atoms with Gasteiger partial charge >= 0.3 is 6.09 Å². The average Bonchev–Trinajstić information content (AvgIpc) is 2.96. The molecule has 0 aliphatic carbocycles. The maximum Gasteiger partial charge on any atom is 0.407 e. The van der Waals surface area contributed by atoms with E-state index in [2.05, 4.69) is 10.6 Å². The van der Waals surface area contributed by atoms with Crippen LogP contribution in [0.3, 0.4) is 0 Å². The van der Waals surface area contributed by atoms with Gasteiger partial charge in [-0.1, -0.05) is 13.8 Å². The van der Waals surface area contributed by atoms with Gasteiger partial charge in [0, 0.05) is 6.54 Å². The first kappa shape index (κ1) is 18.1. The maximum atomic E-state index is 12.2. The van der Waals surface area contributed by atoms with Crippen molar-refractivity contribution in [3.63, 3.8) is 0 Å². The number of nitrogens with one attached hydrogen (secondary N) is 2. The highest BCUT2D eigenvalue weighted by atomic mass is 16.6. The largest absolute Gasteiger partial charge is 0.472 e. The fraction of sp³-hybridized carbons (Fsp3) is 0.625. The van der Waals surface area contributed by atoms with Gasteiger partial charge in [-0.15, -0.1) is 0 Å². The predicted octanol–water partition coefficient (Wildman–Crippen LogP) is 3.09. The second-order valence-corrected chi connectivity index (χ2v) is 6.31. The van der Waals surface area contributed by atoms with Gasteiger partial charge in [0.05, 0.1) is 17.4 Å². The number of carbonyl (C=O) groups is 2. The minimum Gasteiger partial charge on any atom is -0.472 e. The first-order valence-electron chi connectivity index (χ1n) is 7.53. The number of hydrogen-bond acceptors (Lipinski definition) is 4. The number of ether oxygens (including phenoxy) is 1. The van der Waals surface area contributed by atoms with Gasteiger partial charge in [-0.3, -0.25) is 4.79 Å². The van der Waals surface area contributed by atoms with Crippen molar-refractivity contribution >= 4 is 12.0 Å². The molecule has 1 rings (SSSR count). The fourth-order valence-corrected chi connectivity index (χ4v) is 1.98. The summed E-state index contributed by atoms with van der Waals surface area (Å²) in [5.41, 5.74) is -0.611. The number of hydrogen-bond donors (Lipinski definition) is 2. The summed E-state index contributed by atoms with van der Waals surface area (Å²) in [5.74, 6) is -0.219. The molecular formula is C16H26N2O4. The molecule has 2 amide bonds. The summed E-state index contributed by atoms with van der Waals surface area (Å²) < 4.78 is 10.1. The van der Waals surface area contributed by atoms with Crippen LogP contribution >= 0.6 is 0 Å². The number of amides is 2. The third kappa shape index (κ3) is 5.42. The molecule has 0 radical (unpaired) electrons. The first-order valence-corrected chi connectivity index (χ1v) is 7.53. The molecule has 0 unspecified atom stereocenters. The third-order valence-corrected chi connectivity index (χ3v) is 3.49. The predicted molar refractivity (Wildman–Crippen MR) is 83.7 cm³/mol. The summed E-state index contributed by atoms with van der Waals surface area (Å²) in [6, 6.07) is 1.60. The molecule has 0 aliphatic heterocycles. The van der Waals surface area contributed by atoms with Crippen LogP contribution in [-0.4, -0.2) is 29.7 Å². The van der Waals surface area contributed by atoms with Crippen molar-refractivity contribution in [1.29, 1.82) is 0 Å². The number of alkyl carbamates (subject to hydrolysis) is 1. The molecule has 2 N–H and O–H groups in total. The molecular weight excluding hydrogens is 284 g/mol. The lowest BCUT2D eigenvalue weighted by atomic mass is 9.92. The van der Waals surface area contributed by atoms with Crippen LogP contribution in [0.1, 0.15) is 57.8 Å². The van der Waals surface area contributed by atoms with Crippen molar-refractivity contribution in [2.24, 2.45) is 0 Å². The van der Waals surface area contributed by atoms with E-state index in [0.29, 0.717) is 24.9 Å². The van der Waals surface area contributed by atoms with E-state index in [1.165, 1.54) is 12.5 Å². The SMILES string of the molecule is CCC(CC)(CNC(=O)OC(C)(C)C)NC(=O)c1ccoc1. The van der Waals surface area contributed by atoms with Crippen molar-refractivity contribution in [1.82, 2.24) is 10.6 Å². The Bertz CT molecular complexity index is 485. The highest BCUT2D eigenvalue weighted by Gasteiger charge is 2.30. The summed E-state index contributed by atoms with van der Waals surface area (Å²) in [7, 11) is 0. The van der Waals surface area contributed by atoms with Gasteiger partial charge in [0.25, 0.3) is 5.91 Å². The Morgan fingerprint density at radius 3 is 2.32 bits per heavy atom. The standard InChI is InChI=1S/C16H26N2O4/c1-6-16(7-2,11-17-14(20)22-15(3,4)5)18-13(19)12-8-9-21-10-12/h8-10H,6-7,11H2,1-5H3,(H,17,20)(H,18,19). The number of furan rings is 1. The van der Waals surface area contributed by atoms with Gasteiger partial charge in [-0.25, -0.2) is 4.79 Å². The van der Waals surface area contributed by atoms with Gasteiger partial charge in [0.15, 0.2) is 0 Å².